The molecule has 0 spiro atoms. The largest absolute Gasteiger partial charge is 0.376 e. The van der Waals surface area contributed by atoms with E-state index >= 15 is 0 Å². The third-order valence-electron chi connectivity index (χ3n) is 4.97. The van der Waals surface area contributed by atoms with Gasteiger partial charge in [0.25, 0.3) is 11.8 Å². The second-order valence-electron chi connectivity index (χ2n) is 8.03. The molecule has 1 aliphatic heterocycles. The van der Waals surface area contributed by atoms with Crippen molar-refractivity contribution in [2.75, 3.05) is 30.3 Å². The summed E-state index contributed by atoms with van der Waals surface area (Å²) in [5, 5.41) is 11.5. The molecule has 1 fully saturated rings. The van der Waals surface area contributed by atoms with Gasteiger partial charge in [-0.2, -0.15) is 0 Å². The zero-order valence-corrected chi connectivity index (χ0v) is 18.4. The van der Waals surface area contributed by atoms with E-state index < -0.39 is 0 Å². The van der Waals surface area contributed by atoms with Gasteiger partial charge in [0.2, 0.25) is 5.91 Å². The van der Waals surface area contributed by atoms with Crippen LogP contribution in [-0.2, 0) is 9.53 Å². The molecule has 1 heterocycles. The van der Waals surface area contributed by atoms with Crippen molar-refractivity contribution in [2.45, 2.75) is 38.8 Å². The van der Waals surface area contributed by atoms with Crippen LogP contribution in [0.1, 0.15) is 47.4 Å². The minimum atomic E-state index is -0.220. The van der Waals surface area contributed by atoms with Crippen molar-refractivity contribution in [1.29, 1.82) is 0 Å². The zero-order valence-electron chi connectivity index (χ0n) is 18.4. The van der Waals surface area contributed by atoms with Gasteiger partial charge in [-0.25, -0.2) is 0 Å². The lowest BCUT2D eigenvalue weighted by Gasteiger charge is -2.12. The van der Waals surface area contributed by atoms with Crippen molar-refractivity contribution in [3.63, 3.8) is 0 Å². The molecule has 1 aliphatic rings. The SMILES string of the molecule is CC(C)NC(=O)c1ccc(NC(=O)CNc2ccc(C(=O)NCC3CCCO3)cc2)cc1. The summed E-state index contributed by atoms with van der Waals surface area (Å²) in [7, 11) is 0. The van der Waals surface area contributed by atoms with Gasteiger partial charge in [-0.05, 0) is 75.2 Å². The molecule has 1 unspecified atom stereocenters. The average molecular weight is 439 g/mol. The average Bonchev–Trinajstić information content (AvgIpc) is 3.30. The van der Waals surface area contributed by atoms with Crippen molar-refractivity contribution >= 4 is 29.1 Å². The monoisotopic (exact) mass is 438 g/mol. The molecule has 2 aromatic carbocycles. The molecule has 1 atom stereocenters. The van der Waals surface area contributed by atoms with Crippen LogP contribution in [0, 0.1) is 0 Å². The first kappa shape index (κ1) is 23.3. The number of ether oxygens (including phenoxy) is 1. The van der Waals surface area contributed by atoms with Crippen LogP contribution < -0.4 is 21.3 Å². The Balaban J connectivity index is 1.42. The Morgan fingerprint density at radius 1 is 0.938 bits per heavy atom. The van der Waals surface area contributed by atoms with E-state index in [-0.39, 0.29) is 36.4 Å². The third kappa shape index (κ3) is 7.09. The number of nitrogens with one attached hydrogen (secondary N) is 4. The van der Waals surface area contributed by atoms with Gasteiger partial charge in [-0.15, -0.1) is 0 Å². The van der Waals surface area contributed by atoms with E-state index in [0.29, 0.717) is 23.4 Å². The lowest BCUT2D eigenvalue weighted by atomic mass is 10.1. The fraction of sp³-hybridized carbons (Fsp3) is 0.375. The number of carbonyl (C=O) groups is 3. The normalized spacial score (nSPS) is 15.3. The number of carbonyl (C=O) groups excluding carboxylic acids is 3. The summed E-state index contributed by atoms with van der Waals surface area (Å²) in [5.74, 6) is -0.512. The Morgan fingerprint density at radius 3 is 2.16 bits per heavy atom. The molecular weight excluding hydrogens is 408 g/mol. The van der Waals surface area contributed by atoms with E-state index in [1.165, 1.54) is 0 Å². The smallest absolute Gasteiger partial charge is 0.251 e. The van der Waals surface area contributed by atoms with E-state index in [1.807, 2.05) is 13.8 Å². The Kier molecular flexibility index (Phi) is 8.21. The lowest BCUT2D eigenvalue weighted by Crippen LogP contribution is -2.31. The van der Waals surface area contributed by atoms with Crippen molar-refractivity contribution in [1.82, 2.24) is 10.6 Å². The summed E-state index contributed by atoms with van der Waals surface area (Å²) < 4.78 is 5.50. The van der Waals surface area contributed by atoms with E-state index in [4.69, 9.17) is 4.74 Å². The molecule has 3 rings (SSSR count). The first-order valence-electron chi connectivity index (χ1n) is 10.9. The molecule has 2 aromatic rings. The molecule has 0 radical (unpaired) electrons. The summed E-state index contributed by atoms with van der Waals surface area (Å²) in [4.78, 5) is 36.4. The van der Waals surface area contributed by atoms with Gasteiger partial charge >= 0.3 is 0 Å². The highest BCUT2D eigenvalue weighted by Gasteiger charge is 2.16. The maximum atomic E-state index is 12.2. The summed E-state index contributed by atoms with van der Waals surface area (Å²) >= 11 is 0. The Morgan fingerprint density at radius 2 is 1.56 bits per heavy atom. The van der Waals surface area contributed by atoms with Gasteiger partial charge in [0.1, 0.15) is 0 Å². The van der Waals surface area contributed by atoms with Gasteiger partial charge in [-0.3, -0.25) is 14.4 Å². The second-order valence-corrected chi connectivity index (χ2v) is 8.03. The number of rotatable bonds is 9. The van der Waals surface area contributed by atoms with Crippen molar-refractivity contribution < 1.29 is 19.1 Å². The van der Waals surface area contributed by atoms with Crippen LogP contribution in [-0.4, -0.2) is 49.6 Å². The van der Waals surface area contributed by atoms with Crippen molar-refractivity contribution in [3.8, 4) is 0 Å². The molecule has 0 saturated carbocycles. The maximum absolute atomic E-state index is 12.2. The van der Waals surface area contributed by atoms with Gasteiger partial charge in [-0.1, -0.05) is 0 Å². The third-order valence-corrected chi connectivity index (χ3v) is 4.97. The van der Waals surface area contributed by atoms with Gasteiger partial charge < -0.3 is 26.0 Å². The summed E-state index contributed by atoms with van der Waals surface area (Å²) in [5.41, 5.74) is 2.43. The molecule has 8 heteroatoms. The summed E-state index contributed by atoms with van der Waals surface area (Å²) in [6.45, 7) is 5.14. The van der Waals surface area contributed by atoms with Crippen LogP contribution in [0.4, 0.5) is 11.4 Å². The highest BCUT2D eigenvalue weighted by Crippen LogP contribution is 2.13. The van der Waals surface area contributed by atoms with Gasteiger partial charge in [0.15, 0.2) is 0 Å². The van der Waals surface area contributed by atoms with Crippen molar-refractivity contribution in [3.05, 3.63) is 59.7 Å². The molecule has 1 saturated heterocycles. The lowest BCUT2D eigenvalue weighted by molar-refractivity contribution is -0.114. The van der Waals surface area contributed by atoms with E-state index in [0.717, 1.165) is 25.1 Å². The van der Waals surface area contributed by atoms with E-state index in [2.05, 4.69) is 21.3 Å². The van der Waals surface area contributed by atoms with E-state index in [1.54, 1.807) is 48.5 Å². The summed E-state index contributed by atoms with van der Waals surface area (Å²) in [6.07, 6.45) is 2.12. The number of hydrogen-bond donors (Lipinski definition) is 4. The predicted octanol–water partition coefficient (Wildman–Crippen LogP) is 2.78. The zero-order chi connectivity index (χ0) is 22.9. The second kappa shape index (κ2) is 11.3. The van der Waals surface area contributed by atoms with Crippen LogP contribution in [0.15, 0.2) is 48.5 Å². The van der Waals surface area contributed by atoms with Crippen LogP contribution >= 0.6 is 0 Å². The highest BCUT2D eigenvalue weighted by molar-refractivity contribution is 5.97. The molecule has 0 aromatic heterocycles. The Labute approximate surface area is 188 Å². The molecule has 170 valence electrons. The number of hydrogen-bond acceptors (Lipinski definition) is 5. The Bertz CT molecular complexity index is 920. The van der Waals surface area contributed by atoms with Crippen LogP contribution in [0.3, 0.4) is 0 Å². The number of anilines is 2. The standard InChI is InChI=1S/C24H30N4O4/c1-16(2)27-24(31)18-7-11-20(12-8-18)28-22(29)15-25-19-9-5-17(6-10-19)23(30)26-14-21-4-3-13-32-21/h5-12,16,21,25H,3-4,13-15H2,1-2H3,(H,26,30)(H,27,31)(H,28,29). The van der Waals surface area contributed by atoms with Crippen LogP contribution in [0.2, 0.25) is 0 Å². The molecule has 8 nitrogen and oxygen atoms in total. The number of amides is 3. The highest BCUT2D eigenvalue weighted by atomic mass is 16.5. The molecule has 3 amide bonds. The minimum absolute atomic E-state index is 0.0583. The van der Waals surface area contributed by atoms with Gasteiger partial charge in [0.05, 0.1) is 12.6 Å². The quantitative estimate of drug-likeness (QED) is 0.481. The van der Waals surface area contributed by atoms with Crippen molar-refractivity contribution in [2.24, 2.45) is 0 Å². The first-order valence-corrected chi connectivity index (χ1v) is 10.9. The van der Waals surface area contributed by atoms with E-state index in [9.17, 15) is 14.4 Å². The molecule has 32 heavy (non-hydrogen) atoms. The predicted molar refractivity (Wildman–Crippen MR) is 124 cm³/mol. The fourth-order valence-corrected chi connectivity index (χ4v) is 3.29. The topological polar surface area (TPSA) is 109 Å². The molecule has 4 N–H and O–H groups in total. The summed E-state index contributed by atoms with van der Waals surface area (Å²) in [6, 6.07) is 13.7. The maximum Gasteiger partial charge on any atom is 0.251 e. The first-order chi connectivity index (χ1) is 15.4. The van der Waals surface area contributed by atoms with Gasteiger partial charge in [0, 0.05) is 41.7 Å². The molecule has 0 bridgehead atoms. The minimum Gasteiger partial charge on any atom is -0.376 e. The molecule has 0 aliphatic carbocycles. The van der Waals surface area contributed by atoms with Crippen LogP contribution in [0.25, 0.3) is 0 Å². The number of benzene rings is 2. The van der Waals surface area contributed by atoms with Crippen LogP contribution in [0.5, 0.6) is 0 Å². The Hall–Kier alpha value is -3.39. The fourth-order valence-electron chi connectivity index (χ4n) is 3.29. The molecular formula is C24H30N4O4.